The van der Waals surface area contributed by atoms with E-state index in [2.05, 4.69) is 5.32 Å². The zero-order chi connectivity index (χ0) is 18.6. The van der Waals surface area contributed by atoms with E-state index < -0.39 is 0 Å². The number of amides is 2. The van der Waals surface area contributed by atoms with E-state index in [1.165, 1.54) is 32.1 Å². The first-order valence-corrected chi connectivity index (χ1v) is 10.6. The van der Waals surface area contributed by atoms with Crippen molar-refractivity contribution in [3.05, 3.63) is 47.9 Å². The largest absolute Gasteiger partial charge is 0.467 e. The number of rotatable bonds is 5. The number of anilines is 1. The number of nitrogens with zero attached hydrogens (tertiary/aromatic N) is 1. The van der Waals surface area contributed by atoms with Crippen molar-refractivity contribution < 1.29 is 14.0 Å². The van der Waals surface area contributed by atoms with Crippen LogP contribution in [0, 0.1) is 5.92 Å². The van der Waals surface area contributed by atoms with Crippen LogP contribution >= 0.6 is 11.8 Å². The quantitative estimate of drug-likeness (QED) is 0.838. The van der Waals surface area contributed by atoms with Crippen molar-refractivity contribution in [2.45, 2.75) is 43.5 Å². The van der Waals surface area contributed by atoms with Gasteiger partial charge in [0.25, 0.3) is 5.91 Å². The van der Waals surface area contributed by atoms with E-state index in [9.17, 15) is 9.59 Å². The van der Waals surface area contributed by atoms with E-state index >= 15 is 0 Å². The Labute approximate surface area is 163 Å². The molecule has 2 aliphatic rings. The summed E-state index contributed by atoms with van der Waals surface area (Å²) in [4.78, 5) is 28.1. The monoisotopic (exact) mass is 384 g/mol. The van der Waals surface area contributed by atoms with E-state index in [1.54, 1.807) is 24.1 Å². The van der Waals surface area contributed by atoms with Crippen LogP contribution in [0.2, 0.25) is 0 Å². The predicted octanol–water partition coefficient (Wildman–Crippen LogP) is 4.23. The summed E-state index contributed by atoms with van der Waals surface area (Å²) in [6, 6.07) is 9.28. The average molecular weight is 385 g/mol. The third-order valence-corrected chi connectivity index (χ3v) is 6.38. The van der Waals surface area contributed by atoms with Gasteiger partial charge in [-0.15, -0.1) is 11.8 Å². The molecule has 5 nitrogen and oxygen atoms in total. The highest BCUT2D eigenvalue weighted by molar-refractivity contribution is 8.00. The van der Waals surface area contributed by atoms with Crippen LogP contribution < -0.4 is 10.2 Å². The first kappa shape index (κ1) is 18.2. The van der Waals surface area contributed by atoms with E-state index in [4.69, 9.17) is 4.42 Å². The standard InChI is InChI=1S/C21H24N2O3S/c24-20-14-27-19-9-8-16(21(25)22-12-17-7-4-10-26-17)11-18(19)23(20)13-15-5-2-1-3-6-15/h4,7-11,15H,1-3,5-6,12-14H2,(H,22,25). The number of carbonyl (C=O) groups is 2. The molecule has 0 bridgehead atoms. The van der Waals surface area contributed by atoms with Crippen molar-refractivity contribution in [3.8, 4) is 0 Å². The molecule has 0 radical (unpaired) electrons. The summed E-state index contributed by atoms with van der Waals surface area (Å²) in [7, 11) is 0. The first-order chi connectivity index (χ1) is 13.2. The molecule has 1 N–H and O–H groups in total. The molecule has 27 heavy (non-hydrogen) atoms. The summed E-state index contributed by atoms with van der Waals surface area (Å²) in [6.45, 7) is 1.12. The summed E-state index contributed by atoms with van der Waals surface area (Å²) >= 11 is 1.56. The Morgan fingerprint density at radius 2 is 2.07 bits per heavy atom. The number of benzene rings is 1. The molecule has 2 heterocycles. The summed E-state index contributed by atoms with van der Waals surface area (Å²) in [5.41, 5.74) is 1.46. The van der Waals surface area contributed by atoms with Crippen molar-refractivity contribution in [1.29, 1.82) is 0 Å². The molecule has 0 unspecified atom stereocenters. The summed E-state index contributed by atoms with van der Waals surface area (Å²) < 4.78 is 5.26. The third-order valence-electron chi connectivity index (χ3n) is 5.33. The van der Waals surface area contributed by atoms with Crippen LogP contribution in [-0.4, -0.2) is 24.1 Å². The Bertz CT molecular complexity index is 813. The van der Waals surface area contributed by atoms with Gasteiger partial charge in [0.1, 0.15) is 5.76 Å². The molecule has 0 spiro atoms. The van der Waals surface area contributed by atoms with Gasteiger partial charge in [-0.05, 0) is 49.1 Å². The molecular formula is C21H24N2O3S. The summed E-state index contributed by atoms with van der Waals surface area (Å²) in [5.74, 6) is 1.74. The second kappa shape index (κ2) is 8.21. The normalized spacial score (nSPS) is 17.6. The highest BCUT2D eigenvalue weighted by Gasteiger charge is 2.28. The van der Waals surface area contributed by atoms with Gasteiger partial charge >= 0.3 is 0 Å². The molecule has 0 atom stereocenters. The van der Waals surface area contributed by atoms with Crippen molar-refractivity contribution in [3.63, 3.8) is 0 Å². The third kappa shape index (κ3) is 4.21. The van der Waals surface area contributed by atoms with Gasteiger partial charge in [0.05, 0.1) is 24.2 Å². The van der Waals surface area contributed by atoms with Gasteiger partial charge in [-0.25, -0.2) is 0 Å². The Hall–Kier alpha value is -2.21. The fraction of sp³-hybridized carbons (Fsp3) is 0.429. The fourth-order valence-electron chi connectivity index (χ4n) is 3.85. The second-order valence-electron chi connectivity index (χ2n) is 7.24. The predicted molar refractivity (Wildman–Crippen MR) is 106 cm³/mol. The smallest absolute Gasteiger partial charge is 0.251 e. The Morgan fingerprint density at radius 3 is 2.85 bits per heavy atom. The van der Waals surface area contributed by atoms with Crippen LogP contribution in [0.4, 0.5) is 5.69 Å². The number of hydrogen-bond donors (Lipinski definition) is 1. The minimum Gasteiger partial charge on any atom is -0.467 e. The van der Waals surface area contributed by atoms with Crippen LogP contribution in [0.5, 0.6) is 0 Å². The molecule has 0 saturated heterocycles. The molecule has 1 aliphatic carbocycles. The lowest BCUT2D eigenvalue weighted by Gasteiger charge is -2.33. The molecule has 142 valence electrons. The van der Waals surface area contributed by atoms with Crippen molar-refractivity contribution in [2.75, 3.05) is 17.2 Å². The first-order valence-electron chi connectivity index (χ1n) is 9.58. The molecule has 1 aromatic heterocycles. The Kier molecular flexibility index (Phi) is 5.53. The zero-order valence-electron chi connectivity index (χ0n) is 15.3. The minimum atomic E-state index is -0.158. The fourth-order valence-corrected chi connectivity index (χ4v) is 4.77. The number of carbonyl (C=O) groups excluding carboxylic acids is 2. The Morgan fingerprint density at radius 1 is 1.22 bits per heavy atom. The molecule has 2 aromatic rings. The van der Waals surface area contributed by atoms with Crippen LogP contribution in [-0.2, 0) is 11.3 Å². The molecule has 1 fully saturated rings. The van der Waals surface area contributed by atoms with Gasteiger partial charge in [0.2, 0.25) is 5.91 Å². The highest BCUT2D eigenvalue weighted by Crippen LogP contribution is 2.37. The van der Waals surface area contributed by atoms with E-state index in [-0.39, 0.29) is 11.8 Å². The van der Waals surface area contributed by atoms with Gasteiger partial charge in [-0.1, -0.05) is 19.3 Å². The summed E-state index contributed by atoms with van der Waals surface area (Å²) in [5, 5.41) is 2.87. The van der Waals surface area contributed by atoms with Gasteiger partial charge in [0.15, 0.2) is 0 Å². The minimum absolute atomic E-state index is 0.145. The topological polar surface area (TPSA) is 62.6 Å². The molecule has 1 aliphatic heterocycles. The van der Waals surface area contributed by atoms with Crippen molar-refractivity contribution in [2.24, 2.45) is 5.92 Å². The maximum atomic E-state index is 12.6. The summed E-state index contributed by atoms with van der Waals surface area (Å²) in [6.07, 6.45) is 7.78. The lowest BCUT2D eigenvalue weighted by molar-refractivity contribution is -0.116. The molecular weight excluding hydrogens is 360 g/mol. The molecule has 1 saturated carbocycles. The van der Waals surface area contributed by atoms with Crippen LogP contribution in [0.3, 0.4) is 0 Å². The maximum absolute atomic E-state index is 12.6. The molecule has 4 rings (SSSR count). The average Bonchev–Trinajstić information content (AvgIpc) is 3.22. The Balaban J connectivity index is 1.51. The SMILES string of the molecule is O=C(NCc1ccco1)c1ccc2c(c1)N(CC1CCCCC1)C(=O)CS2. The van der Waals surface area contributed by atoms with Gasteiger partial charge in [0, 0.05) is 17.0 Å². The lowest BCUT2D eigenvalue weighted by atomic mass is 9.89. The number of furan rings is 1. The molecule has 1 aromatic carbocycles. The van der Waals surface area contributed by atoms with Crippen molar-refractivity contribution in [1.82, 2.24) is 5.32 Å². The highest BCUT2D eigenvalue weighted by atomic mass is 32.2. The number of fused-ring (bicyclic) bond motifs is 1. The van der Waals surface area contributed by atoms with E-state index in [1.807, 2.05) is 29.2 Å². The second-order valence-corrected chi connectivity index (χ2v) is 8.26. The molecule has 6 heteroatoms. The van der Waals surface area contributed by atoms with Crippen molar-refractivity contribution >= 4 is 29.3 Å². The van der Waals surface area contributed by atoms with Crippen LogP contribution in [0.1, 0.15) is 48.2 Å². The number of hydrogen-bond acceptors (Lipinski definition) is 4. The van der Waals surface area contributed by atoms with Gasteiger partial charge in [-0.3, -0.25) is 9.59 Å². The van der Waals surface area contributed by atoms with Crippen LogP contribution in [0.25, 0.3) is 0 Å². The van der Waals surface area contributed by atoms with Gasteiger partial charge in [-0.2, -0.15) is 0 Å². The lowest BCUT2D eigenvalue weighted by Crippen LogP contribution is -2.39. The number of nitrogens with one attached hydrogen (secondary N) is 1. The molecule has 2 amide bonds. The maximum Gasteiger partial charge on any atom is 0.251 e. The van der Waals surface area contributed by atoms with E-state index in [0.717, 1.165) is 17.1 Å². The van der Waals surface area contributed by atoms with E-state index in [0.29, 0.717) is 29.5 Å². The van der Waals surface area contributed by atoms with Gasteiger partial charge < -0.3 is 14.6 Å². The van der Waals surface area contributed by atoms with Crippen LogP contribution in [0.15, 0.2) is 45.9 Å². The number of thioether (sulfide) groups is 1. The zero-order valence-corrected chi connectivity index (χ0v) is 16.1.